The standard InChI is InChI=1S/C16H32N2/c1-12-7-5-9-16(11-17,14(12)3)18-10-6-8-13(2)15(18)4/h12-15H,5-11,17H2,1-4H3. The Hall–Kier alpha value is -0.0800. The van der Waals surface area contributed by atoms with Crippen LogP contribution >= 0.6 is 0 Å². The molecule has 1 aliphatic carbocycles. The Morgan fingerprint density at radius 2 is 1.72 bits per heavy atom. The van der Waals surface area contributed by atoms with Gasteiger partial charge in [0.25, 0.3) is 0 Å². The van der Waals surface area contributed by atoms with Gasteiger partial charge in [0.1, 0.15) is 0 Å². The fourth-order valence-electron chi connectivity index (χ4n) is 4.51. The first kappa shape index (κ1) is 14.3. The zero-order valence-corrected chi connectivity index (χ0v) is 12.8. The van der Waals surface area contributed by atoms with Crippen LogP contribution in [-0.4, -0.2) is 29.6 Å². The van der Waals surface area contributed by atoms with Gasteiger partial charge in [-0.2, -0.15) is 0 Å². The summed E-state index contributed by atoms with van der Waals surface area (Å²) in [5.41, 5.74) is 6.57. The molecule has 1 saturated heterocycles. The molecule has 2 aliphatic rings. The van der Waals surface area contributed by atoms with Crippen molar-refractivity contribution in [3.63, 3.8) is 0 Å². The van der Waals surface area contributed by atoms with E-state index in [1.54, 1.807) is 0 Å². The monoisotopic (exact) mass is 252 g/mol. The largest absolute Gasteiger partial charge is 0.329 e. The molecule has 2 N–H and O–H groups in total. The van der Waals surface area contributed by atoms with E-state index in [1.807, 2.05) is 0 Å². The summed E-state index contributed by atoms with van der Waals surface area (Å²) >= 11 is 0. The highest BCUT2D eigenvalue weighted by Gasteiger charge is 2.47. The molecule has 0 amide bonds. The Morgan fingerprint density at radius 3 is 2.39 bits per heavy atom. The second-order valence-electron chi connectivity index (χ2n) is 7.02. The number of piperidine rings is 1. The van der Waals surface area contributed by atoms with Gasteiger partial charge < -0.3 is 5.73 Å². The van der Waals surface area contributed by atoms with Crippen molar-refractivity contribution in [2.24, 2.45) is 23.5 Å². The maximum Gasteiger partial charge on any atom is 0.0362 e. The number of rotatable bonds is 2. The van der Waals surface area contributed by atoms with E-state index in [2.05, 4.69) is 32.6 Å². The van der Waals surface area contributed by atoms with Gasteiger partial charge in [-0.05, 0) is 50.5 Å². The maximum absolute atomic E-state index is 6.29. The molecule has 2 fully saturated rings. The van der Waals surface area contributed by atoms with Crippen LogP contribution in [0.2, 0.25) is 0 Å². The van der Waals surface area contributed by atoms with Crippen LogP contribution in [0, 0.1) is 17.8 Å². The molecule has 0 spiro atoms. The minimum atomic E-state index is 0.283. The third kappa shape index (κ3) is 2.22. The summed E-state index contributed by atoms with van der Waals surface area (Å²) in [6, 6.07) is 0.704. The summed E-state index contributed by atoms with van der Waals surface area (Å²) in [7, 11) is 0. The molecular formula is C16H32N2. The number of hydrogen-bond acceptors (Lipinski definition) is 2. The maximum atomic E-state index is 6.29. The molecule has 1 heterocycles. The lowest BCUT2D eigenvalue weighted by molar-refractivity contribution is -0.0624. The van der Waals surface area contributed by atoms with Crippen LogP contribution in [0.3, 0.4) is 0 Å². The molecule has 0 aromatic rings. The molecule has 18 heavy (non-hydrogen) atoms. The highest BCUT2D eigenvalue weighted by molar-refractivity contribution is 5.03. The van der Waals surface area contributed by atoms with E-state index < -0.39 is 0 Å². The lowest BCUT2D eigenvalue weighted by Crippen LogP contribution is -2.65. The van der Waals surface area contributed by atoms with Crippen LogP contribution in [0.25, 0.3) is 0 Å². The molecule has 0 bridgehead atoms. The van der Waals surface area contributed by atoms with Crippen LogP contribution in [0.15, 0.2) is 0 Å². The zero-order chi connectivity index (χ0) is 13.3. The summed E-state index contributed by atoms with van der Waals surface area (Å²) in [6.07, 6.45) is 6.81. The van der Waals surface area contributed by atoms with E-state index in [0.717, 1.165) is 24.3 Å². The van der Waals surface area contributed by atoms with E-state index in [4.69, 9.17) is 5.73 Å². The van der Waals surface area contributed by atoms with Crippen molar-refractivity contribution in [3.8, 4) is 0 Å². The van der Waals surface area contributed by atoms with Crippen LogP contribution in [0.1, 0.15) is 59.8 Å². The Bertz CT molecular complexity index is 278. The SMILES string of the molecule is CC1CCCN(C2(CN)CCCC(C)C2C)C1C. The van der Waals surface area contributed by atoms with Gasteiger partial charge in [-0.3, -0.25) is 4.90 Å². The predicted octanol–water partition coefficient (Wildman–Crippen LogP) is 3.26. The average Bonchev–Trinajstić information content (AvgIpc) is 2.37. The second-order valence-corrected chi connectivity index (χ2v) is 7.02. The molecule has 0 aromatic heterocycles. The Morgan fingerprint density at radius 1 is 1.06 bits per heavy atom. The first-order chi connectivity index (χ1) is 8.53. The van der Waals surface area contributed by atoms with Crippen molar-refractivity contribution in [2.75, 3.05) is 13.1 Å². The molecule has 106 valence electrons. The smallest absolute Gasteiger partial charge is 0.0362 e. The van der Waals surface area contributed by atoms with Gasteiger partial charge in [-0.15, -0.1) is 0 Å². The fourth-order valence-corrected chi connectivity index (χ4v) is 4.51. The molecule has 5 atom stereocenters. The molecule has 0 radical (unpaired) electrons. The number of likely N-dealkylation sites (tertiary alicyclic amines) is 1. The Balaban J connectivity index is 2.25. The van der Waals surface area contributed by atoms with Crippen LogP contribution < -0.4 is 5.73 Å². The quantitative estimate of drug-likeness (QED) is 0.817. The molecule has 2 heteroatoms. The lowest BCUT2D eigenvalue weighted by Gasteiger charge is -2.57. The summed E-state index contributed by atoms with van der Waals surface area (Å²) in [4.78, 5) is 2.79. The van der Waals surface area contributed by atoms with Gasteiger partial charge >= 0.3 is 0 Å². The third-order valence-electron chi connectivity index (χ3n) is 6.27. The zero-order valence-electron chi connectivity index (χ0n) is 12.8. The van der Waals surface area contributed by atoms with Crippen molar-refractivity contribution in [1.29, 1.82) is 0 Å². The van der Waals surface area contributed by atoms with Gasteiger partial charge in [0.2, 0.25) is 0 Å². The van der Waals surface area contributed by atoms with E-state index in [0.29, 0.717) is 6.04 Å². The molecule has 1 aliphatic heterocycles. The van der Waals surface area contributed by atoms with Crippen LogP contribution in [0.5, 0.6) is 0 Å². The van der Waals surface area contributed by atoms with Crippen molar-refractivity contribution < 1.29 is 0 Å². The van der Waals surface area contributed by atoms with E-state index in [-0.39, 0.29) is 5.54 Å². The minimum absolute atomic E-state index is 0.283. The number of nitrogens with zero attached hydrogens (tertiary/aromatic N) is 1. The summed E-state index contributed by atoms with van der Waals surface area (Å²) in [5.74, 6) is 2.39. The molecule has 2 rings (SSSR count). The first-order valence-corrected chi connectivity index (χ1v) is 7.99. The molecule has 0 aromatic carbocycles. The van der Waals surface area contributed by atoms with Gasteiger partial charge in [-0.1, -0.05) is 33.6 Å². The topological polar surface area (TPSA) is 29.3 Å². The van der Waals surface area contributed by atoms with E-state index in [1.165, 1.54) is 38.6 Å². The Kier molecular flexibility index (Phi) is 4.38. The van der Waals surface area contributed by atoms with Gasteiger partial charge in [0, 0.05) is 18.1 Å². The van der Waals surface area contributed by atoms with Crippen LogP contribution in [0.4, 0.5) is 0 Å². The summed E-state index contributed by atoms with van der Waals surface area (Å²) in [5, 5.41) is 0. The van der Waals surface area contributed by atoms with E-state index in [9.17, 15) is 0 Å². The molecule has 2 nitrogen and oxygen atoms in total. The fraction of sp³-hybridized carbons (Fsp3) is 1.00. The van der Waals surface area contributed by atoms with Gasteiger partial charge in [0.05, 0.1) is 0 Å². The van der Waals surface area contributed by atoms with E-state index >= 15 is 0 Å². The Labute approximate surface area is 113 Å². The number of hydrogen-bond donors (Lipinski definition) is 1. The van der Waals surface area contributed by atoms with Crippen LogP contribution in [-0.2, 0) is 0 Å². The number of nitrogens with two attached hydrogens (primary N) is 1. The second kappa shape index (κ2) is 5.50. The van der Waals surface area contributed by atoms with Crippen molar-refractivity contribution in [3.05, 3.63) is 0 Å². The van der Waals surface area contributed by atoms with Gasteiger partial charge in [-0.25, -0.2) is 0 Å². The molecular weight excluding hydrogens is 220 g/mol. The normalized spacial score (nSPS) is 47.2. The lowest BCUT2D eigenvalue weighted by atomic mass is 9.66. The summed E-state index contributed by atoms with van der Waals surface area (Å²) < 4.78 is 0. The summed E-state index contributed by atoms with van der Waals surface area (Å²) in [6.45, 7) is 11.8. The minimum Gasteiger partial charge on any atom is -0.329 e. The predicted molar refractivity (Wildman–Crippen MR) is 78.5 cm³/mol. The van der Waals surface area contributed by atoms with Crippen molar-refractivity contribution >= 4 is 0 Å². The van der Waals surface area contributed by atoms with Crippen molar-refractivity contribution in [2.45, 2.75) is 71.4 Å². The van der Waals surface area contributed by atoms with Crippen molar-refractivity contribution in [1.82, 2.24) is 4.90 Å². The molecule has 5 unspecified atom stereocenters. The highest BCUT2D eigenvalue weighted by atomic mass is 15.2. The van der Waals surface area contributed by atoms with Gasteiger partial charge in [0.15, 0.2) is 0 Å². The average molecular weight is 252 g/mol. The molecule has 1 saturated carbocycles. The third-order valence-corrected chi connectivity index (χ3v) is 6.27. The highest BCUT2D eigenvalue weighted by Crippen LogP contribution is 2.44. The first-order valence-electron chi connectivity index (χ1n) is 7.99.